The van der Waals surface area contributed by atoms with Gasteiger partial charge in [0.05, 0.1) is 16.8 Å². The Morgan fingerprint density at radius 3 is 2.73 bits per heavy atom. The molecular formula is C21H23ClFN3. The molecule has 26 heavy (non-hydrogen) atoms. The van der Waals surface area contributed by atoms with Crippen LogP contribution in [-0.4, -0.2) is 23.9 Å². The Morgan fingerprint density at radius 1 is 1.38 bits per heavy atom. The fourth-order valence-corrected chi connectivity index (χ4v) is 3.06. The highest BCUT2D eigenvalue weighted by Crippen LogP contribution is 2.33. The van der Waals surface area contributed by atoms with E-state index in [-0.39, 0.29) is 11.1 Å². The van der Waals surface area contributed by atoms with Gasteiger partial charge in [0.25, 0.3) is 0 Å². The molecule has 0 spiro atoms. The van der Waals surface area contributed by atoms with Gasteiger partial charge in [0.1, 0.15) is 5.82 Å². The number of rotatable bonds is 7. The lowest BCUT2D eigenvalue weighted by molar-refractivity contribution is 0.344. The molecule has 0 bridgehead atoms. The van der Waals surface area contributed by atoms with Gasteiger partial charge >= 0.3 is 0 Å². The lowest BCUT2D eigenvalue weighted by Gasteiger charge is -2.33. The molecule has 1 atom stereocenters. The van der Waals surface area contributed by atoms with Gasteiger partial charge in [0.2, 0.25) is 0 Å². The van der Waals surface area contributed by atoms with Crippen molar-refractivity contribution < 1.29 is 4.39 Å². The van der Waals surface area contributed by atoms with E-state index in [1.54, 1.807) is 18.3 Å². The molecule has 0 N–H and O–H groups in total. The SMILES string of the molecule is C=N/C=C\C(=N/CC)C1=CC(=C)N(C(CC)c2ccc(F)c(Cl)c2)C=C1. The number of nitrogens with zero attached hydrogens (tertiary/aromatic N) is 3. The summed E-state index contributed by atoms with van der Waals surface area (Å²) in [6.07, 6.45) is 10.2. The number of benzene rings is 1. The molecule has 1 aliphatic heterocycles. The van der Waals surface area contributed by atoms with Crippen LogP contribution in [0.4, 0.5) is 4.39 Å². The molecule has 0 aromatic heterocycles. The summed E-state index contributed by atoms with van der Waals surface area (Å²) in [7, 11) is 0. The van der Waals surface area contributed by atoms with Gasteiger partial charge in [0.15, 0.2) is 0 Å². The number of allylic oxidation sites excluding steroid dienone is 4. The number of hydrogen-bond acceptors (Lipinski definition) is 3. The molecule has 1 aromatic carbocycles. The minimum absolute atomic E-state index is 0.0200. The predicted molar refractivity (Wildman–Crippen MR) is 109 cm³/mol. The van der Waals surface area contributed by atoms with Crippen molar-refractivity contribution in [1.82, 2.24) is 4.90 Å². The molecule has 0 amide bonds. The summed E-state index contributed by atoms with van der Waals surface area (Å²) in [6.45, 7) is 12.4. The van der Waals surface area contributed by atoms with Gasteiger partial charge < -0.3 is 4.90 Å². The van der Waals surface area contributed by atoms with Crippen LogP contribution in [0, 0.1) is 5.82 Å². The van der Waals surface area contributed by atoms with Crippen LogP contribution in [0.5, 0.6) is 0 Å². The third-order valence-electron chi connectivity index (χ3n) is 4.08. The predicted octanol–water partition coefficient (Wildman–Crippen LogP) is 5.87. The van der Waals surface area contributed by atoms with E-state index in [0.29, 0.717) is 6.54 Å². The first-order valence-corrected chi connectivity index (χ1v) is 8.88. The topological polar surface area (TPSA) is 28.0 Å². The van der Waals surface area contributed by atoms with E-state index in [2.05, 4.69) is 35.1 Å². The zero-order valence-electron chi connectivity index (χ0n) is 15.1. The number of aliphatic imine (C=N–C) groups is 2. The molecule has 0 radical (unpaired) electrons. The smallest absolute Gasteiger partial charge is 0.141 e. The van der Waals surface area contributed by atoms with Crippen molar-refractivity contribution in [3.05, 3.63) is 83.1 Å². The summed E-state index contributed by atoms with van der Waals surface area (Å²) in [5.41, 5.74) is 3.56. The van der Waals surface area contributed by atoms with Crippen molar-refractivity contribution in [3.63, 3.8) is 0 Å². The Morgan fingerprint density at radius 2 is 2.15 bits per heavy atom. The third-order valence-corrected chi connectivity index (χ3v) is 4.37. The first-order valence-electron chi connectivity index (χ1n) is 8.51. The molecular weight excluding hydrogens is 349 g/mol. The summed E-state index contributed by atoms with van der Waals surface area (Å²) in [4.78, 5) is 10.3. The maximum Gasteiger partial charge on any atom is 0.141 e. The van der Waals surface area contributed by atoms with E-state index in [1.165, 1.54) is 6.07 Å². The summed E-state index contributed by atoms with van der Waals surface area (Å²) in [6, 6.07) is 4.86. The zero-order chi connectivity index (χ0) is 19.1. The Labute approximate surface area is 159 Å². The second-order valence-corrected chi connectivity index (χ2v) is 6.18. The Hall–Kier alpha value is -2.46. The maximum absolute atomic E-state index is 13.5. The van der Waals surface area contributed by atoms with Crippen LogP contribution in [0.2, 0.25) is 5.02 Å². The van der Waals surface area contributed by atoms with E-state index in [0.717, 1.165) is 29.0 Å². The minimum Gasteiger partial charge on any atom is -0.341 e. The summed E-state index contributed by atoms with van der Waals surface area (Å²) < 4.78 is 13.5. The molecule has 3 nitrogen and oxygen atoms in total. The average Bonchev–Trinajstić information content (AvgIpc) is 2.63. The molecule has 1 heterocycles. The lowest BCUT2D eigenvalue weighted by Crippen LogP contribution is -2.24. The lowest BCUT2D eigenvalue weighted by atomic mass is 9.99. The molecule has 0 saturated carbocycles. The molecule has 2 rings (SSSR count). The fraction of sp³-hybridized carbons (Fsp3) is 0.238. The first-order chi connectivity index (χ1) is 12.5. The van der Waals surface area contributed by atoms with Gasteiger partial charge in [-0.15, -0.1) is 0 Å². The van der Waals surface area contributed by atoms with Crippen LogP contribution < -0.4 is 0 Å². The summed E-state index contributed by atoms with van der Waals surface area (Å²) in [5.74, 6) is -0.413. The molecule has 0 saturated heterocycles. The van der Waals surface area contributed by atoms with Crippen molar-refractivity contribution in [2.75, 3.05) is 6.54 Å². The molecule has 0 aliphatic carbocycles. The van der Waals surface area contributed by atoms with Crippen LogP contribution in [-0.2, 0) is 0 Å². The molecule has 1 unspecified atom stereocenters. The second-order valence-electron chi connectivity index (χ2n) is 5.77. The van der Waals surface area contributed by atoms with Crippen molar-refractivity contribution in [1.29, 1.82) is 0 Å². The third kappa shape index (κ3) is 4.58. The Balaban J connectivity index is 2.29. The van der Waals surface area contributed by atoms with E-state index < -0.39 is 5.82 Å². The van der Waals surface area contributed by atoms with E-state index in [1.807, 2.05) is 31.4 Å². The molecule has 5 heteroatoms. The van der Waals surface area contributed by atoms with Crippen LogP contribution >= 0.6 is 11.6 Å². The van der Waals surface area contributed by atoms with Crippen LogP contribution in [0.15, 0.2) is 76.7 Å². The fourth-order valence-electron chi connectivity index (χ4n) is 2.87. The van der Waals surface area contributed by atoms with Gasteiger partial charge in [-0.2, -0.15) is 0 Å². The average molecular weight is 372 g/mol. The second kappa shape index (κ2) is 9.30. The van der Waals surface area contributed by atoms with Gasteiger partial charge in [-0.3, -0.25) is 9.98 Å². The number of hydrogen-bond donors (Lipinski definition) is 0. The summed E-state index contributed by atoms with van der Waals surface area (Å²) in [5, 5.41) is 0.128. The Kier molecular flexibility index (Phi) is 7.10. The Bertz CT molecular complexity index is 805. The normalized spacial score (nSPS) is 16.2. The molecule has 1 aromatic rings. The quantitative estimate of drug-likeness (QED) is 0.550. The highest BCUT2D eigenvalue weighted by molar-refractivity contribution is 6.30. The maximum atomic E-state index is 13.5. The van der Waals surface area contributed by atoms with E-state index in [4.69, 9.17) is 11.6 Å². The van der Waals surface area contributed by atoms with E-state index >= 15 is 0 Å². The van der Waals surface area contributed by atoms with Gasteiger partial charge in [-0.25, -0.2) is 4.39 Å². The van der Waals surface area contributed by atoms with Crippen molar-refractivity contribution in [2.45, 2.75) is 26.3 Å². The highest BCUT2D eigenvalue weighted by atomic mass is 35.5. The monoisotopic (exact) mass is 371 g/mol. The zero-order valence-corrected chi connectivity index (χ0v) is 15.9. The van der Waals surface area contributed by atoms with Gasteiger partial charge in [-0.1, -0.05) is 31.2 Å². The molecule has 136 valence electrons. The standard InChI is InChI=1S/C21H23ClFN3/c1-5-21(17-7-8-19(23)18(22)14-17)26-12-10-16(13-15(26)3)20(25-6-2)9-11-24-4/h7-14,21H,3-6H2,1-2H3/b11-9-,25-20+. The number of halogens is 2. The first kappa shape index (κ1) is 19.9. The largest absolute Gasteiger partial charge is 0.341 e. The van der Waals surface area contributed by atoms with Crippen LogP contribution in [0.25, 0.3) is 0 Å². The van der Waals surface area contributed by atoms with Crippen molar-refractivity contribution >= 4 is 24.0 Å². The van der Waals surface area contributed by atoms with Crippen LogP contribution in [0.3, 0.4) is 0 Å². The molecule has 0 fully saturated rings. The summed E-state index contributed by atoms with van der Waals surface area (Å²) >= 11 is 5.95. The van der Waals surface area contributed by atoms with Crippen molar-refractivity contribution in [3.8, 4) is 0 Å². The van der Waals surface area contributed by atoms with Gasteiger partial charge in [0, 0.05) is 30.2 Å². The highest BCUT2D eigenvalue weighted by Gasteiger charge is 2.21. The van der Waals surface area contributed by atoms with Gasteiger partial charge in [-0.05, 0) is 56.0 Å². The van der Waals surface area contributed by atoms with Crippen LogP contribution in [0.1, 0.15) is 31.9 Å². The van der Waals surface area contributed by atoms with E-state index in [9.17, 15) is 4.39 Å². The van der Waals surface area contributed by atoms with Crippen molar-refractivity contribution in [2.24, 2.45) is 9.98 Å². The molecule has 1 aliphatic rings. The minimum atomic E-state index is -0.413.